The zero-order valence-electron chi connectivity index (χ0n) is 17.7. The Labute approximate surface area is 181 Å². The number of hydrogen-bond acceptors (Lipinski definition) is 4. The van der Waals surface area contributed by atoms with Gasteiger partial charge < -0.3 is 4.90 Å². The number of anilines is 1. The molecule has 2 aromatic carbocycles. The van der Waals surface area contributed by atoms with Crippen LogP contribution < -0.4 is 4.90 Å². The lowest BCUT2D eigenvalue weighted by Gasteiger charge is -2.16. The molecule has 1 aliphatic rings. The van der Waals surface area contributed by atoms with E-state index in [4.69, 9.17) is 0 Å². The third-order valence-electron chi connectivity index (χ3n) is 5.67. The van der Waals surface area contributed by atoms with E-state index in [2.05, 4.69) is 37.0 Å². The van der Waals surface area contributed by atoms with Crippen molar-refractivity contribution in [3.8, 4) is 5.69 Å². The van der Waals surface area contributed by atoms with Gasteiger partial charge >= 0.3 is 0 Å². The zero-order valence-corrected chi connectivity index (χ0v) is 18.5. The van der Waals surface area contributed by atoms with E-state index >= 15 is 0 Å². The molecule has 0 spiro atoms. The Hall–Kier alpha value is -2.86. The fraction of sp³-hybridized carbons (Fsp3) is 0.292. The average Bonchev–Trinajstić information content (AvgIpc) is 3.35. The van der Waals surface area contributed by atoms with Crippen LogP contribution in [0.5, 0.6) is 0 Å². The van der Waals surface area contributed by atoms with E-state index in [0.29, 0.717) is 12.1 Å². The van der Waals surface area contributed by atoms with Gasteiger partial charge in [-0.25, -0.2) is 4.98 Å². The van der Waals surface area contributed by atoms with Crippen LogP contribution >= 0.6 is 11.8 Å². The molecular formula is C24H25N3O2S. The quantitative estimate of drug-likeness (QED) is 0.442. The fourth-order valence-electron chi connectivity index (χ4n) is 3.78. The van der Waals surface area contributed by atoms with Crippen LogP contribution in [0, 0.1) is 13.8 Å². The number of aryl methyl sites for hydroxylation is 2. The second kappa shape index (κ2) is 8.11. The summed E-state index contributed by atoms with van der Waals surface area (Å²) in [6.07, 6.45) is 4.48. The summed E-state index contributed by atoms with van der Waals surface area (Å²) in [5.74, 6) is 0.105. The van der Waals surface area contributed by atoms with Gasteiger partial charge in [0.05, 0.1) is 5.25 Å². The maximum Gasteiger partial charge on any atom is 0.223 e. The summed E-state index contributed by atoms with van der Waals surface area (Å²) in [6, 6.07) is 12.0. The number of carbonyl (C=O) groups excluding carboxylic acids is 2. The monoisotopic (exact) mass is 419 g/mol. The first-order chi connectivity index (χ1) is 14.3. The molecular weight excluding hydrogens is 394 g/mol. The Morgan fingerprint density at radius 1 is 1.10 bits per heavy atom. The third kappa shape index (κ3) is 3.79. The van der Waals surface area contributed by atoms with Crippen molar-refractivity contribution in [2.24, 2.45) is 0 Å². The normalized spacial score (nSPS) is 13.9. The van der Waals surface area contributed by atoms with Gasteiger partial charge in [0, 0.05) is 42.8 Å². The molecule has 0 N–H and O–H groups in total. The van der Waals surface area contributed by atoms with Crippen LogP contribution in [0.1, 0.15) is 40.9 Å². The molecule has 0 radical (unpaired) electrons. The van der Waals surface area contributed by atoms with E-state index in [0.717, 1.165) is 28.5 Å². The third-order valence-corrected chi connectivity index (χ3v) is 6.75. The van der Waals surface area contributed by atoms with E-state index in [1.165, 1.54) is 22.9 Å². The number of imidazole rings is 1. The van der Waals surface area contributed by atoms with E-state index < -0.39 is 0 Å². The molecule has 1 atom stereocenters. The lowest BCUT2D eigenvalue weighted by atomic mass is 10.0. The molecule has 0 bridgehead atoms. The molecule has 30 heavy (non-hydrogen) atoms. The molecule has 1 amide bonds. The van der Waals surface area contributed by atoms with Crippen LogP contribution in [0.3, 0.4) is 0 Å². The number of ketones is 1. The van der Waals surface area contributed by atoms with Crippen molar-refractivity contribution in [3.63, 3.8) is 0 Å². The van der Waals surface area contributed by atoms with Gasteiger partial charge in [0.1, 0.15) is 0 Å². The Balaban J connectivity index is 1.54. The summed E-state index contributed by atoms with van der Waals surface area (Å²) in [5, 5.41) is 0.518. The Bertz CT molecular complexity index is 1140. The summed E-state index contributed by atoms with van der Waals surface area (Å²) in [7, 11) is 0. The second-order valence-corrected chi connectivity index (χ2v) is 9.04. The van der Waals surface area contributed by atoms with Crippen molar-refractivity contribution < 1.29 is 9.59 Å². The van der Waals surface area contributed by atoms with Gasteiger partial charge in [0.15, 0.2) is 10.9 Å². The van der Waals surface area contributed by atoms with Crippen molar-refractivity contribution >= 4 is 29.1 Å². The number of thioether (sulfide) groups is 1. The van der Waals surface area contributed by atoms with Gasteiger partial charge in [-0.2, -0.15) is 0 Å². The van der Waals surface area contributed by atoms with Gasteiger partial charge in [-0.05, 0) is 74.2 Å². The first kappa shape index (κ1) is 20.4. The number of benzene rings is 2. The minimum Gasteiger partial charge on any atom is -0.312 e. The molecule has 3 aromatic rings. The molecule has 2 heterocycles. The van der Waals surface area contributed by atoms with Crippen molar-refractivity contribution in [3.05, 3.63) is 71.0 Å². The van der Waals surface area contributed by atoms with Crippen LogP contribution in [-0.4, -0.2) is 33.0 Å². The zero-order chi connectivity index (χ0) is 21.4. The predicted molar refractivity (Wildman–Crippen MR) is 121 cm³/mol. The second-order valence-electron chi connectivity index (χ2n) is 7.74. The lowest BCUT2D eigenvalue weighted by Crippen LogP contribution is -2.25. The van der Waals surface area contributed by atoms with Gasteiger partial charge in [0.25, 0.3) is 0 Å². The van der Waals surface area contributed by atoms with Gasteiger partial charge in [0.2, 0.25) is 5.91 Å². The van der Waals surface area contributed by atoms with E-state index in [-0.39, 0.29) is 16.9 Å². The molecule has 0 aliphatic carbocycles. The average molecular weight is 420 g/mol. The fourth-order valence-corrected chi connectivity index (χ4v) is 4.74. The number of amides is 1. The smallest absolute Gasteiger partial charge is 0.223 e. The van der Waals surface area contributed by atoms with Gasteiger partial charge in [-0.15, -0.1) is 0 Å². The maximum absolute atomic E-state index is 13.1. The Morgan fingerprint density at radius 3 is 2.63 bits per heavy atom. The van der Waals surface area contributed by atoms with Crippen LogP contribution in [0.15, 0.2) is 53.9 Å². The minimum atomic E-state index is -0.277. The molecule has 0 fully saturated rings. The van der Waals surface area contributed by atoms with Crippen LogP contribution in [0.4, 0.5) is 5.69 Å². The van der Waals surface area contributed by atoms with Crippen molar-refractivity contribution in [2.45, 2.75) is 44.5 Å². The topological polar surface area (TPSA) is 55.2 Å². The maximum atomic E-state index is 13.1. The van der Waals surface area contributed by atoms with Gasteiger partial charge in [-0.1, -0.05) is 17.8 Å². The standard InChI is InChI=1S/C24H25N3O2S/c1-15-5-7-21(13-16(15)2)27-12-10-25-24(27)30-17(3)23(29)20-6-8-22-19(14-20)9-11-26(22)18(4)28/h5-8,10,12-14,17H,9,11H2,1-4H3. The largest absolute Gasteiger partial charge is 0.312 e. The first-order valence-electron chi connectivity index (χ1n) is 10.1. The summed E-state index contributed by atoms with van der Waals surface area (Å²) >= 11 is 1.46. The number of carbonyl (C=O) groups is 2. The van der Waals surface area contributed by atoms with E-state index in [1.54, 1.807) is 18.0 Å². The predicted octanol–water partition coefficient (Wildman–Crippen LogP) is 4.76. The summed E-state index contributed by atoms with van der Waals surface area (Å²) in [6.45, 7) is 8.36. The van der Waals surface area contributed by atoms with Crippen LogP contribution in [-0.2, 0) is 11.2 Å². The summed E-state index contributed by atoms with van der Waals surface area (Å²) < 4.78 is 2.02. The Morgan fingerprint density at radius 2 is 1.90 bits per heavy atom. The Kier molecular flexibility index (Phi) is 5.52. The molecule has 1 unspecified atom stereocenters. The van der Waals surface area contributed by atoms with Crippen molar-refractivity contribution in [1.29, 1.82) is 0 Å². The number of aromatic nitrogens is 2. The first-order valence-corrected chi connectivity index (χ1v) is 11.0. The number of fused-ring (bicyclic) bond motifs is 1. The van der Waals surface area contributed by atoms with Gasteiger partial charge in [-0.3, -0.25) is 14.2 Å². The van der Waals surface area contributed by atoms with E-state index in [9.17, 15) is 9.59 Å². The molecule has 154 valence electrons. The minimum absolute atomic E-state index is 0.0370. The number of nitrogens with zero attached hydrogens (tertiary/aromatic N) is 3. The highest BCUT2D eigenvalue weighted by molar-refractivity contribution is 8.00. The summed E-state index contributed by atoms with van der Waals surface area (Å²) in [4.78, 5) is 31.1. The van der Waals surface area contributed by atoms with Crippen LogP contribution in [0.25, 0.3) is 5.69 Å². The number of rotatable bonds is 5. The SMILES string of the molecule is CC(=O)N1CCc2cc(C(=O)C(C)Sc3nccn3-c3ccc(C)c(C)c3)ccc21. The highest BCUT2D eigenvalue weighted by atomic mass is 32.2. The molecule has 4 rings (SSSR count). The lowest BCUT2D eigenvalue weighted by molar-refractivity contribution is -0.116. The highest BCUT2D eigenvalue weighted by Gasteiger charge is 2.25. The van der Waals surface area contributed by atoms with Crippen molar-refractivity contribution in [2.75, 3.05) is 11.4 Å². The molecule has 0 saturated carbocycles. The number of hydrogen-bond donors (Lipinski definition) is 0. The van der Waals surface area contributed by atoms with Crippen molar-refractivity contribution in [1.82, 2.24) is 9.55 Å². The molecule has 0 saturated heterocycles. The highest BCUT2D eigenvalue weighted by Crippen LogP contribution is 2.31. The summed E-state index contributed by atoms with van der Waals surface area (Å²) in [5.41, 5.74) is 6.17. The van der Waals surface area contributed by atoms with E-state index in [1.807, 2.05) is 35.9 Å². The number of Topliss-reactive ketones (excluding diaryl/α,β-unsaturated/α-hetero) is 1. The molecule has 1 aromatic heterocycles. The van der Waals surface area contributed by atoms with Crippen LogP contribution in [0.2, 0.25) is 0 Å². The molecule has 5 nitrogen and oxygen atoms in total. The molecule has 6 heteroatoms. The molecule has 1 aliphatic heterocycles.